The zero-order valence-corrected chi connectivity index (χ0v) is 15.6. The summed E-state index contributed by atoms with van der Waals surface area (Å²) in [6, 6.07) is 1.61. The van der Waals surface area contributed by atoms with Gasteiger partial charge >= 0.3 is 0 Å². The number of aliphatic hydroxyl groups is 4. The van der Waals surface area contributed by atoms with Crippen molar-refractivity contribution < 1.29 is 33.7 Å². The van der Waals surface area contributed by atoms with Crippen LogP contribution in [0.1, 0.15) is 17.0 Å². The summed E-state index contributed by atoms with van der Waals surface area (Å²) in [5.41, 5.74) is 1.27. The molecular formula is C19H24F2N2O5. The monoisotopic (exact) mass is 398 g/mol. The van der Waals surface area contributed by atoms with Crippen LogP contribution >= 0.6 is 0 Å². The van der Waals surface area contributed by atoms with Gasteiger partial charge in [0.05, 0.1) is 24.4 Å². The number of rotatable bonds is 5. The number of likely N-dealkylation sites (tertiary alicyclic amines) is 1. The van der Waals surface area contributed by atoms with E-state index in [0.29, 0.717) is 22.6 Å². The molecule has 1 fully saturated rings. The van der Waals surface area contributed by atoms with Crippen LogP contribution in [-0.4, -0.2) is 74.5 Å². The highest BCUT2D eigenvalue weighted by Crippen LogP contribution is 2.30. The van der Waals surface area contributed by atoms with Gasteiger partial charge in [-0.1, -0.05) is 5.16 Å². The van der Waals surface area contributed by atoms with E-state index in [0.717, 1.165) is 0 Å². The number of halogens is 2. The lowest BCUT2D eigenvalue weighted by molar-refractivity contribution is -0.144. The second kappa shape index (κ2) is 8.22. The van der Waals surface area contributed by atoms with Crippen molar-refractivity contribution in [1.29, 1.82) is 0 Å². The van der Waals surface area contributed by atoms with Crippen molar-refractivity contribution in [2.24, 2.45) is 0 Å². The van der Waals surface area contributed by atoms with Gasteiger partial charge in [0.15, 0.2) is 0 Å². The zero-order chi connectivity index (χ0) is 20.6. The number of aliphatic hydroxyl groups excluding tert-OH is 4. The zero-order valence-electron chi connectivity index (χ0n) is 15.6. The molecule has 1 aliphatic heterocycles. The van der Waals surface area contributed by atoms with Crippen LogP contribution in [0.25, 0.3) is 11.1 Å². The molecule has 1 aliphatic rings. The van der Waals surface area contributed by atoms with Crippen LogP contribution in [0, 0.1) is 25.5 Å². The molecule has 0 spiro atoms. The highest BCUT2D eigenvalue weighted by Gasteiger charge is 2.40. The molecule has 28 heavy (non-hydrogen) atoms. The SMILES string of the molecule is Cc1noc(C)c1-c1cc(F)c(CCN2C[C@H](O)[C@@H](O)[C@H](O)[C@H]2CO)c(F)c1. The molecule has 2 heterocycles. The Kier molecular flexibility index (Phi) is 6.11. The second-order valence-corrected chi connectivity index (χ2v) is 7.16. The topological polar surface area (TPSA) is 110 Å². The van der Waals surface area contributed by atoms with Gasteiger partial charge in [-0.15, -0.1) is 0 Å². The number of β-amino-alcohol motifs (C(OH)–C–C–N with tert-alkyl or cyclic N) is 1. The standard InChI is InChI=1S/C19H24F2N2O5/c1-9-17(10(2)28-22-9)11-5-13(20)12(14(21)6-11)3-4-23-7-16(25)19(27)18(26)15(23)8-24/h5-6,15-16,18-19,24-27H,3-4,7-8H2,1-2H3/t15-,16+,18-,19-/m1/s1. The van der Waals surface area contributed by atoms with Gasteiger partial charge in [0.25, 0.3) is 0 Å². The minimum Gasteiger partial charge on any atom is -0.395 e. The first kappa shape index (κ1) is 20.8. The minimum atomic E-state index is -1.38. The number of nitrogens with zero attached hydrogens (tertiary/aromatic N) is 2. The number of hydrogen-bond acceptors (Lipinski definition) is 7. The summed E-state index contributed by atoms with van der Waals surface area (Å²) < 4.78 is 34.3. The summed E-state index contributed by atoms with van der Waals surface area (Å²) in [6.07, 6.45) is -3.98. The van der Waals surface area contributed by atoms with E-state index in [9.17, 15) is 29.2 Å². The van der Waals surface area contributed by atoms with Gasteiger partial charge in [-0.3, -0.25) is 4.90 Å². The van der Waals surface area contributed by atoms with Crippen molar-refractivity contribution >= 4 is 0 Å². The maximum Gasteiger partial charge on any atom is 0.141 e. The fourth-order valence-electron chi connectivity index (χ4n) is 3.77. The number of aryl methyl sites for hydroxylation is 2. The van der Waals surface area contributed by atoms with Gasteiger partial charge in [-0.25, -0.2) is 8.78 Å². The molecule has 154 valence electrons. The summed E-state index contributed by atoms with van der Waals surface area (Å²) in [7, 11) is 0. The first-order valence-corrected chi connectivity index (χ1v) is 9.04. The number of piperidine rings is 1. The summed E-state index contributed by atoms with van der Waals surface area (Å²) in [5.74, 6) is -0.993. The first-order valence-electron chi connectivity index (χ1n) is 9.04. The number of hydrogen-bond donors (Lipinski definition) is 4. The van der Waals surface area contributed by atoms with Crippen LogP contribution in [0.2, 0.25) is 0 Å². The van der Waals surface area contributed by atoms with Gasteiger partial charge in [0.1, 0.15) is 29.6 Å². The third-order valence-corrected chi connectivity index (χ3v) is 5.33. The molecule has 1 saturated heterocycles. The predicted octanol–water partition coefficient (Wildman–Crippen LogP) is 0.538. The molecule has 3 rings (SSSR count). The normalized spacial score (nSPS) is 26.0. The third kappa shape index (κ3) is 3.81. The molecule has 9 heteroatoms. The Bertz CT molecular complexity index is 801. The molecule has 0 bridgehead atoms. The first-order chi connectivity index (χ1) is 13.2. The molecule has 2 aromatic rings. The van der Waals surface area contributed by atoms with Crippen molar-refractivity contribution in [3.8, 4) is 11.1 Å². The second-order valence-electron chi connectivity index (χ2n) is 7.16. The number of aromatic nitrogens is 1. The van der Waals surface area contributed by atoms with Crippen molar-refractivity contribution in [2.45, 2.75) is 44.6 Å². The quantitative estimate of drug-likeness (QED) is 0.582. The van der Waals surface area contributed by atoms with Gasteiger partial charge in [-0.05, 0) is 38.0 Å². The van der Waals surface area contributed by atoms with Crippen molar-refractivity contribution in [3.63, 3.8) is 0 Å². The Morgan fingerprint density at radius 1 is 1.14 bits per heavy atom. The van der Waals surface area contributed by atoms with E-state index in [2.05, 4.69) is 5.16 Å². The Hall–Kier alpha value is -1.91. The molecule has 0 amide bonds. The molecule has 1 aromatic heterocycles. The van der Waals surface area contributed by atoms with Crippen LogP contribution in [0.5, 0.6) is 0 Å². The lowest BCUT2D eigenvalue weighted by Crippen LogP contribution is -2.62. The minimum absolute atomic E-state index is 0.0240. The molecule has 0 radical (unpaired) electrons. The Morgan fingerprint density at radius 2 is 1.79 bits per heavy atom. The Balaban J connectivity index is 1.80. The fourth-order valence-corrected chi connectivity index (χ4v) is 3.77. The average Bonchev–Trinajstić information content (AvgIpc) is 2.97. The van der Waals surface area contributed by atoms with Crippen molar-refractivity contribution in [3.05, 3.63) is 40.8 Å². The van der Waals surface area contributed by atoms with Crippen LogP contribution in [0.3, 0.4) is 0 Å². The summed E-state index contributed by atoms with van der Waals surface area (Å²) in [6.45, 7) is 2.96. The molecule has 0 unspecified atom stereocenters. The highest BCUT2D eigenvalue weighted by atomic mass is 19.1. The predicted molar refractivity (Wildman–Crippen MR) is 95.5 cm³/mol. The fraction of sp³-hybridized carbons (Fsp3) is 0.526. The van der Waals surface area contributed by atoms with Gasteiger partial charge < -0.3 is 24.9 Å². The molecular weight excluding hydrogens is 374 g/mol. The largest absolute Gasteiger partial charge is 0.395 e. The number of benzene rings is 1. The highest BCUT2D eigenvalue weighted by molar-refractivity contribution is 5.68. The maximum atomic E-state index is 14.6. The Morgan fingerprint density at radius 3 is 2.32 bits per heavy atom. The Labute approximate surface area is 160 Å². The summed E-state index contributed by atoms with van der Waals surface area (Å²) >= 11 is 0. The van der Waals surface area contributed by atoms with E-state index in [4.69, 9.17) is 4.52 Å². The van der Waals surface area contributed by atoms with Crippen molar-refractivity contribution in [1.82, 2.24) is 10.1 Å². The van der Waals surface area contributed by atoms with Gasteiger partial charge in [0.2, 0.25) is 0 Å². The van der Waals surface area contributed by atoms with Crippen LogP contribution in [-0.2, 0) is 6.42 Å². The molecule has 0 saturated carbocycles. The van der Waals surface area contributed by atoms with Gasteiger partial charge in [-0.2, -0.15) is 0 Å². The lowest BCUT2D eigenvalue weighted by Gasteiger charge is -2.43. The van der Waals surface area contributed by atoms with E-state index in [1.165, 1.54) is 17.0 Å². The van der Waals surface area contributed by atoms with E-state index in [1.807, 2.05) is 0 Å². The van der Waals surface area contributed by atoms with Crippen LogP contribution in [0.15, 0.2) is 16.7 Å². The molecule has 4 atom stereocenters. The van der Waals surface area contributed by atoms with Crippen LogP contribution in [0.4, 0.5) is 8.78 Å². The summed E-state index contributed by atoms with van der Waals surface area (Å²) in [5, 5.41) is 42.8. The van der Waals surface area contributed by atoms with E-state index >= 15 is 0 Å². The maximum absolute atomic E-state index is 14.6. The lowest BCUT2D eigenvalue weighted by atomic mass is 9.93. The molecule has 4 N–H and O–H groups in total. The van der Waals surface area contributed by atoms with Crippen molar-refractivity contribution in [2.75, 3.05) is 19.7 Å². The van der Waals surface area contributed by atoms with Gasteiger partial charge in [0, 0.05) is 24.2 Å². The van der Waals surface area contributed by atoms with E-state index < -0.39 is 42.6 Å². The third-order valence-electron chi connectivity index (χ3n) is 5.33. The smallest absolute Gasteiger partial charge is 0.141 e. The molecule has 7 nitrogen and oxygen atoms in total. The van der Waals surface area contributed by atoms with E-state index in [1.54, 1.807) is 13.8 Å². The van der Waals surface area contributed by atoms with Crippen LogP contribution < -0.4 is 0 Å². The average molecular weight is 398 g/mol. The summed E-state index contributed by atoms with van der Waals surface area (Å²) in [4.78, 5) is 1.52. The molecule has 1 aromatic carbocycles. The van der Waals surface area contributed by atoms with E-state index in [-0.39, 0.29) is 25.1 Å². The molecule has 0 aliphatic carbocycles.